The third kappa shape index (κ3) is 2.77. The molecule has 0 fully saturated rings. The molecule has 0 atom stereocenters. The molecule has 0 aliphatic rings. The van der Waals surface area contributed by atoms with Crippen molar-refractivity contribution in [2.24, 2.45) is 0 Å². The Kier molecular flexibility index (Phi) is 3.85. The number of pyridine rings is 1. The van der Waals surface area contributed by atoms with E-state index in [-0.39, 0.29) is 0 Å². The van der Waals surface area contributed by atoms with Gasteiger partial charge in [0.25, 0.3) is 0 Å². The van der Waals surface area contributed by atoms with Crippen LogP contribution in [-0.4, -0.2) is 11.2 Å². The van der Waals surface area contributed by atoms with Gasteiger partial charge in [-0.2, -0.15) is 0 Å². The van der Waals surface area contributed by atoms with Crippen molar-refractivity contribution in [1.82, 2.24) is 4.98 Å². The largest absolute Gasteiger partial charge is 0.379 e. The second-order valence-electron chi connectivity index (χ2n) is 3.47. The third-order valence-electron chi connectivity index (χ3n) is 2.37. The first-order valence-electron chi connectivity index (χ1n) is 5.06. The number of aryl methyl sites for hydroxylation is 1. The molecule has 16 heavy (non-hydrogen) atoms. The molecule has 2 rings (SSSR count). The number of nitrogens with zero attached hydrogens (tertiary/aromatic N) is 1. The van der Waals surface area contributed by atoms with Crippen LogP contribution in [0.25, 0.3) is 0 Å². The molecule has 2 aromatic rings. The van der Waals surface area contributed by atoms with Crippen LogP contribution < -0.4 is 5.32 Å². The summed E-state index contributed by atoms with van der Waals surface area (Å²) in [6.45, 7) is 3.02. The Morgan fingerprint density at radius 1 is 1.38 bits per heavy atom. The maximum Gasteiger partial charge on any atom is 0.0958 e. The maximum absolute atomic E-state index is 4.32. The molecule has 0 aliphatic carbocycles. The van der Waals surface area contributed by atoms with Gasteiger partial charge >= 0.3 is 0 Å². The molecule has 0 bridgehead atoms. The second-order valence-corrected chi connectivity index (χ2v) is 5.30. The van der Waals surface area contributed by atoms with Crippen LogP contribution in [0.1, 0.15) is 10.4 Å². The number of anilines is 1. The average molecular weight is 250 g/mol. The van der Waals surface area contributed by atoms with Gasteiger partial charge in [0.2, 0.25) is 0 Å². The molecule has 1 N–H and O–H groups in total. The number of hydrogen-bond donors (Lipinski definition) is 1. The zero-order valence-electron chi connectivity index (χ0n) is 9.36. The standard InChI is InChI=1S/C12H14N2S2/c1-9-5-6-16-11(9)8-13-10-3-4-12(15-2)14-7-10/h3-7,13H,8H2,1-2H3. The molecule has 4 heteroatoms. The van der Waals surface area contributed by atoms with E-state index in [1.54, 1.807) is 23.1 Å². The number of thiophene rings is 1. The highest BCUT2D eigenvalue weighted by atomic mass is 32.2. The minimum atomic E-state index is 0.879. The van der Waals surface area contributed by atoms with E-state index in [0.717, 1.165) is 17.3 Å². The van der Waals surface area contributed by atoms with Crippen LogP contribution in [0.2, 0.25) is 0 Å². The molecular weight excluding hydrogens is 236 g/mol. The molecular formula is C12H14N2S2. The summed E-state index contributed by atoms with van der Waals surface area (Å²) in [6.07, 6.45) is 3.92. The van der Waals surface area contributed by atoms with Gasteiger partial charge in [0.15, 0.2) is 0 Å². The van der Waals surface area contributed by atoms with Crippen LogP contribution in [0, 0.1) is 6.92 Å². The van der Waals surface area contributed by atoms with Crippen LogP contribution >= 0.6 is 23.1 Å². The van der Waals surface area contributed by atoms with E-state index >= 15 is 0 Å². The van der Waals surface area contributed by atoms with Crippen LogP contribution in [0.15, 0.2) is 34.8 Å². The highest BCUT2D eigenvalue weighted by molar-refractivity contribution is 7.98. The summed E-state index contributed by atoms with van der Waals surface area (Å²) in [4.78, 5) is 5.71. The van der Waals surface area contributed by atoms with Crippen molar-refractivity contribution in [2.75, 3.05) is 11.6 Å². The van der Waals surface area contributed by atoms with Gasteiger partial charge in [-0.15, -0.1) is 23.1 Å². The molecule has 0 radical (unpaired) electrons. The molecule has 0 aromatic carbocycles. The molecule has 2 aromatic heterocycles. The summed E-state index contributed by atoms with van der Waals surface area (Å²) in [5.74, 6) is 0. The minimum absolute atomic E-state index is 0.879. The number of aromatic nitrogens is 1. The normalized spacial score (nSPS) is 10.4. The summed E-state index contributed by atoms with van der Waals surface area (Å²) in [5.41, 5.74) is 2.43. The lowest BCUT2D eigenvalue weighted by molar-refractivity contribution is 1.10. The number of hydrogen-bond acceptors (Lipinski definition) is 4. The lowest BCUT2D eigenvalue weighted by atomic mass is 10.3. The Labute approximate surface area is 104 Å². The summed E-state index contributed by atoms with van der Waals surface area (Å²) < 4.78 is 0. The fraction of sp³-hybridized carbons (Fsp3) is 0.250. The maximum atomic E-state index is 4.32. The van der Waals surface area contributed by atoms with Crippen LogP contribution in [-0.2, 0) is 6.54 Å². The summed E-state index contributed by atoms with van der Waals surface area (Å²) in [7, 11) is 0. The Hall–Kier alpha value is -1.00. The minimum Gasteiger partial charge on any atom is -0.379 e. The number of nitrogens with one attached hydrogen (secondary N) is 1. The molecule has 0 unspecified atom stereocenters. The van der Waals surface area contributed by atoms with Crippen molar-refractivity contribution in [2.45, 2.75) is 18.5 Å². The predicted octanol–water partition coefficient (Wildman–Crippen LogP) is 3.79. The van der Waals surface area contributed by atoms with Crippen LogP contribution in [0.3, 0.4) is 0 Å². The Bertz CT molecular complexity index is 448. The van der Waals surface area contributed by atoms with E-state index in [2.05, 4.69) is 34.7 Å². The number of rotatable bonds is 4. The Morgan fingerprint density at radius 2 is 2.25 bits per heavy atom. The van der Waals surface area contributed by atoms with E-state index < -0.39 is 0 Å². The fourth-order valence-corrected chi connectivity index (χ4v) is 2.58. The third-order valence-corrected chi connectivity index (χ3v) is 4.05. The van der Waals surface area contributed by atoms with E-state index in [0.29, 0.717) is 0 Å². The van der Waals surface area contributed by atoms with Gasteiger partial charge in [0.05, 0.1) is 16.9 Å². The smallest absolute Gasteiger partial charge is 0.0958 e. The van der Waals surface area contributed by atoms with Gasteiger partial charge in [-0.1, -0.05) is 0 Å². The molecule has 0 saturated carbocycles. The molecule has 2 nitrogen and oxygen atoms in total. The molecule has 0 amide bonds. The van der Waals surface area contributed by atoms with Gasteiger partial charge in [-0.3, -0.25) is 0 Å². The van der Waals surface area contributed by atoms with Crippen molar-refractivity contribution < 1.29 is 0 Å². The van der Waals surface area contributed by atoms with Gasteiger partial charge in [0.1, 0.15) is 0 Å². The van der Waals surface area contributed by atoms with Crippen LogP contribution in [0.4, 0.5) is 5.69 Å². The van der Waals surface area contributed by atoms with Crippen molar-refractivity contribution in [3.63, 3.8) is 0 Å². The first kappa shape index (κ1) is 11.5. The lowest BCUT2D eigenvalue weighted by Crippen LogP contribution is -1.99. The number of thioether (sulfide) groups is 1. The fourth-order valence-electron chi connectivity index (χ4n) is 1.37. The zero-order valence-corrected chi connectivity index (χ0v) is 11.0. The first-order chi connectivity index (χ1) is 7.79. The van der Waals surface area contributed by atoms with E-state index in [4.69, 9.17) is 0 Å². The second kappa shape index (κ2) is 5.37. The Morgan fingerprint density at radius 3 is 2.81 bits per heavy atom. The van der Waals surface area contributed by atoms with Gasteiger partial charge < -0.3 is 5.32 Å². The highest BCUT2D eigenvalue weighted by Gasteiger charge is 1.99. The van der Waals surface area contributed by atoms with Crippen molar-refractivity contribution in [3.05, 3.63) is 40.2 Å². The van der Waals surface area contributed by atoms with Crippen molar-refractivity contribution in [3.8, 4) is 0 Å². The van der Waals surface area contributed by atoms with E-state index in [9.17, 15) is 0 Å². The summed E-state index contributed by atoms with van der Waals surface area (Å²) >= 11 is 3.45. The van der Waals surface area contributed by atoms with Gasteiger partial charge in [-0.05, 0) is 42.3 Å². The van der Waals surface area contributed by atoms with Gasteiger partial charge in [0, 0.05) is 11.4 Å². The molecule has 0 spiro atoms. The van der Waals surface area contributed by atoms with E-state index in [1.807, 2.05) is 18.5 Å². The summed E-state index contributed by atoms with van der Waals surface area (Å²) in [6, 6.07) is 6.26. The van der Waals surface area contributed by atoms with Crippen molar-refractivity contribution in [1.29, 1.82) is 0 Å². The monoisotopic (exact) mass is 250 g/mol. The Balaban J connectivity index is 1.97. The SMILES string of the molecule is CSc1ccc(NCc2sccc2C)cn1. The van der Waals surface area contributed by atoms with Crippen LogP contribution in [0.5, 0.6) is 0 Å². The van der Waals surface area contributed by atoms with Gasteiger partial charge in [-0.25, -0.2) is 4.98 Å². The highest BCUT2D eigenvalue weighted by Crippen LogP contribution is 2.18. The van der Waals surface area contributed by atoms with E-state index in [1.165, 1.54) is 10.4 Å². The average Bonchev–Trinajstić information content (AvgIpc) is 2.73. The first-order valence-corrected chi connectivity index (χ1v) is 7.17. The lowest BCUT2D eigenvalue weighted by Gasteiger charge is -2.05. The zero-order chi connectivity index (χ0) is 11.4. The molecule has 2 heterocycles. The topological polar surface area (TPSA) is 24.9 Å². The molecule has 0 saturated heterocycles. The molecule has 84 valence electrons. The quantitative estimate of drug-likeness (QED) is 0.836. The molecule has 0 aliphatic heterocycles. The van der Waals surface area contributed by atoms with Crippen molar-refractivity contribution >= 4 is 28.8 Å². The predicted molar refractivity (Wildman–Crippen MR) is 72.4 cm³/mol. The summed E-state index contributed by atoms with van der Waals surface area (Å²) in [5, 5.41) is 6.56.